The summed E-state index contributed by atoms with van der Waals surface area (Å²) in [7, 11) is 2.11. The van der Waals surface area contributed by atoms with Crippen LogP contribution in [0, 0.1) is 12.8 Å². The summed E-state index contributed by atoms with van der Waals surface area (Å²) in [6, 6.07) is 23.4. The Morgan fingerprint density at radius 3 is 2.33 bits per heavy atom. The first-order valence-corrected chi connectivity index (χ1v) is 17.7. The number of carbonyl (C=O) groups excluding carboxylic acids is 2. The standard InChI is InChI=1S/C40H45N7O2/c1-29-38(39(48)43-22-20-42(2)21-23-43)36(35-13-7-11-32-9-5-6-12-34(32)35)27-47(29)37-24-41-28-46(37)25-30-14-17-44(18-15-30)40(49)45-19-16-31-8-3-4-10-33(31)26-45/h3-13,24,27-28,30H,14-23,25-26H2,1-2H3. The highest BCUT2D eigenvalue weighted by atomic mass is 16.2. The largest absolute Gasteiger partial charge is 0.336 e. The zero-order chi connectivity index (χ0) is 33.5. The van der Waals surface area contributed by atoms with Gasteiger partial charge >= 0.3 is 6.03 Å². The van der Waals surface area contributed by atoms with Crippen molar-refractivity contribution in [1.82, 2.24) is 33.7 Å². The van der Waals surface area contributed by atoms with Crippen LogP contribution in [-0.4, -0.2) is 98.5 Å². The van der Waals surface area contributed by atoms with E-state index >= 15 is 0 Å². The predicted octanol–water partition coefficient (Wildman–Crippen LogP) is 6.08. The van der Waals surface area contributed by atoms with E-state index in [1.807, 2.05) is 27.2 Å². The summed E-state index contributed by atoms with van der Waals surface area (Å²) < 4.78 is 4.40. The number of fused-ring (bicyclic) bond motifs is 2. The summed E-state index contributed by atoms with van der Waals surface area (Å²) in [5.74, 6) is 1.48. The van der Waals surface area contributed by atoms with Crippen molar-refractivity contribution in [2.24, 2.45) is 5.92 Å². The fraction of sp³-hybridized carbons (Fsp3) is 0.375. The Labute approximate surface area is 288 Å². The molecule has 2 fully saturated rings. The number of aromatic nitrogens is 3. The number of hydrogen-bond donors (Lipinski definition) is 0. The smallest absolute Gasteiger partial charge is 0.320 e. The van der Waals surface area contributed by atoms with Gasteiger partial charge in [0.2, 0.25) is 0 Å². The van der Waals surface area contributed by atoms with Gasteiger partial charge < -0.3 is 28.7 Å². The lowest BCUT2D eigenvalue weighted by atomic mass is 9.96. The van der Waals surface area contributed by atoms with Crippen molar-refractivity contribution in [2.75, 3.05) is 52.9 Å². The number of hydrogen-bond acceptors (Lipinski definition) is 4. The molecule has 0 radical (unpaired) electrons. The zero-order valence-corrected chi connectivity index (χ0v) is 28.6. The molecular formula is C40H45N7O2. The Morgan fingerprint density at radius 2 is 1.51 bits per heavy atom. The van der Waals surface area contributed by atoms with Crippen LogP contribution in [0.1, 0.15) is 40.0 Å². The van der Waals surface area contributed by atoms with Crippen LogP contribution < -0.4 is 0 Å². The van der Waals surface area contributed by atoms with E-state index in [0.717, 1.165) is 111 Å². The SMILES string of the molecule is Cc1c(C(=O)N2CCN(C)CC2)c(-c2cccc3ccccc23)cn1-c1cncn1CC1CCN(C(=O)N2CCc3ccccc3C2)CC1. The fourth-order valence-electron chi connectivity index (χ4n) is 8.04. The molecule has 0 atom stereocenters. The number of rotatable bonds is 5. The zero-order valence-electron chi connectivity index (χ0n) is 28.6. The van der Waals surface area contributed by atoms with Crippen LogP contribution in [0.25, 0.3) is 27.7 Å². The van der Waals surface area contributed by atoms with E-state index in [0.29, 0.717) is 12.5 Å². The van der Waals surface area contributed by atoms with E-state index in [1.54, 1.807) is 0 Å². The highest BCUT2D eigenvalue weighted by Crippen LogP contribution is 2.36. The number of likely N-dealkylation sites (N-methyl/N-ethyl adjacent to an activating group) is 1. The summed E-state index contributed by atoms with van der Waals surface area (Å²) in [4.78, 5) is 40.8. The van der Waals surface area contributed by atoms with Crippen molar-refractivity contribution in [2.45, 2.75) is 39.3 Å². The van der Waals surface area contributed by atoms with E-state index in [9.17, 15) is 9.59 Å². The van der Waals surface area contributed by atoms with E-state index in [1.165, 1.54) is 11.1 Å². The molecule has 0 unspecified atom stereocenters. The summed E-state index contributed by atoms with van der Waals surface area (Å²) in [6.07, 6.45) is 8.80. The Bertz CT molecular complexity index is 1990. The van der Waals surface area contributed by atoms with Crippen molar-refractivity contribution in [3.05, 3.63) is 108 Å². The number of urea groups is 1. The molecule has 0 N–H and O–H groups in total. The molecule has 5 aromatic rings. The van der Waals surface area contributed by atoms with Crippen LogP contribution in [0.2, 0.25) is 0 Å². The average molecular weight is 656 g/mol. The van der Waals surface area contributed by atoms with E-state index in [2.05, 4.69) is 106 Å². The highest BCUT2D eigenvalue weighted by Gasteiger charge is 2.31. The number of likely N-dealkylation sites (tertiary alicyclic amines) is 1. The predicted molar refractivity (Wildman–Crippen MR) is 193 cm³/mol. The minimum Gasteiger partial charge on any atom is -0.336 e. The van der Waals surface area contributed by atoms with E-state index < -0.39 is 0 Å². The molecule has 49 heavy (non-hydrogen) atoms. The molecule has 5 heterocycles. The lowest BCUT2D eigenvalue weighted by Crippen LogP contribution is -2.48. The normalized spacial score (nSPS) is 17.5. The molecule has 0 saturated carbocycles. The molecule has 252 valence electrons. The van der Waals surface area contributed by atoms with Crippen LogP contribution in [0.4, 0.5) is 4.79 Å². The second-order valence-corrected chi connectivity index (χ2v) is 14.1. The average Bonchev–Trinajstić information content (AvgIpc) is 3.74. The third-order valence-corrected chi connectivity index (χ3v) is 11.0. The number of benzene rings is 3. The number of piperazine rings is 1. The summed E-state index contributed by atoms with van der Waals surface area (Å²) >= 11 is 0. The Hall–Kier alpha value is -4.89. The van der Waals surface area contributed by atoms with Crippen molar-refractivity contribution in [1.29, 1.82) is 0 Å². The number of carbonyl (C=O) groups is 2. The highest BCUT2D eigenvalue weighted by molar-refractivity contribution is 6.07. The van der Waals surface area contributed by atoms with Crippen LogP contribution in [-0.2, 0) is 19.5 Å². The lowest BCUT2D eigenvalue weighted by molar-refractivity contribution is 0.0664. The third-order valence-electron chi connectivity index (χ3n) is 11.0. The second kappa shape index (κ2) is 13.2. The maximum absolute atomic E-state index is 14.3. The third kappa shape index (κ3) is 6.01. The van der Waals surface area contributed by atoms with Gasteiger partial charge in [0.15, 0.2) is 0 Å². The Kier molecular flexibility index (Phi) is 8.45. The number of piperidine rings is 1. The molecule has 2 saturated heterocycles. The second-order valence-electron chi connectivity index (χ2n) is 14.1. The molecule has 0 spiro atoms. The first-order chi connectivity index (χ1) is 23.9. The van der Waals surface area contributed by atoms with Crippen LogP contribution >= 0.6 is 0 Å². The Balaban J connectivity index is 1.04. The topological polar surface area (TPSA) is 69.9 Å². The quantitative estimate of drug-likeness (QED) is 0.230. The van der Waals surface area contributed by atoms with Gasteiger partial charge in [0.05, 0.1) is 18.1 Å². The van der Waals surface area contributed by atoms with Gasteiger partial charge in [-0.15, -0.1) is 0 Å². The van der Waals surface area contributed by atoms with E-state index in [-0.39, 0.29) is 11.9 Å². The van der Waals surface area contributed by atoms with Crippen LogP contribution in [0.15, 0.2) is 85.5 Å². The number of nitrogens with zero attached hydrogens (tertiary/aromatic N) is 7. The molecule has 0 bridgehead atoms. The Morgan fingerprint density at radius 1 is 0.776 bits per heavy atom. The molecule has 2 aromatic heterocycles. The van der Waals surface area contributed by atoms with Crippen molar-refractivity contribution in [3.63, 3.8) is 0 Å². The molecule has 3 aromatic carbocycles. The maximum atomic E-state index is 14.3. The molecular weight excluding hydrogens is 610 g/mol. The van der Waals surface area contributed by atoms with Crippen molar-refractivity contribution < 1.29 is 9.59 Å². The minimum atomic E-state index is 0.0904. The van der Waals surface area contributed by atoms with Crippen LogP contribution in [0.3, 0.4) is 0 Å². The molecule has 3 aliphatic heterocycles. The first kappa shape index (κ1) is 31.4. The van der Waals surface area contributed by atoms with Gasteiger partial charge in [-0.25, -0.2) is 9.78 Å². The van der Waals surface area contributed by atoms with Gasteiger partial charge in [0, 0.05) is 76.4 Å². The van der Waals surface area contributed by atoms with Crippen molar-refractivity contribution >= 4 is 22.7 Å². The monoisotopic (exact) mass is 655 g/mol. The number of amides is 3. The van der Waals surface area contributed by atoms with Gasteiger partial charge in [-0.05, 0) is 66.6 Å². The molecule has 3 aliphatic rings. The summed E-state index contributed by atoms with van der Waals surface area (Å²) in [6.45, 7) is 9.09. The molecule has 9 heteroatoms. The lowest BCUT2D eigenvalue weighted by Gasteiger charge is -2.37. The van der Waals surface area contributed by atoms with Gasteiger partial charge in [0.1, 0.15) is 5.82 Å². The van der Waals surface area contributed by atoms with Gasteiger partial charge in [-0.1, -0.05) is 66.7 Å². The molecule has 8 rings (SSSR count). The fourth-order valence-corrected chi connectivity index (χ4v) is 8.04. The first-order valence-electron chi connectivity index (χ1n) is 17.7. The van der Waals surface area contributed by atoms with E-state index in [4.69, 9.17) is 0 Å². The van der Waals surface area contributed by atoms with Gasteiger partial charge in [-0.2, -0.15) is 0 Å². The van der Waals surface area contributed by atoms with Gasteiger partial charge in [0.25, 0.3) is 5.91 Å². The molecule has 0 aliphatic carbocycles. The van der Waals surface area contributed by atoms with Crippen LogP contribution in [0.5, 0.6) is 0 Å². The molecule has 3 amide bonds. The summed E-state index contributed by atoms with van der Waals surface area (Å²) in [5, 5.41) is 2.29. The maximum Gasteiger partial charge on any atom is 0.320 e. The molecule has 9 nitrogen and oxygen atoms in total. The van der Waals surface area contributed by atoms with Gasteiger partial charge in [-0.3, -0.25) is 4.79 Å². The van der Waals surface area contributed by atoms with Crippen molar-refractivity contribution in [3.8, 4) is 16.9 Å². The minimum absolute atomic E-state index is 0.0904. The summed E-state index contributed by atoms with van der Waals surface area (Å²) in [5.41, 5.74) is 6.34. The number of imidazole rings is 1.